The first-order chi connectivity index (χ1) is 12.1. The predicted octanol–water partition coefficient (Wildman–Crippen LogP) is 3.85. The number of rotatable bonds is 4. The summed E-state index contributed by atoms with van der Waals surface area (Å²) < 4.78 is 0. The van der Waals surface area contributed by atoms with Crippen molar-refractivity contribution in [2.75, 3.05) is 13.1 Å². The monoisotopic (exact) mass is 343 g/mol. The SMILES string of the molecule is CCC1CCC(C(=O)N2CCC(C(=O)O)(c3ccccc3)CC2)CC1. The van der Waals surface area contributed by atoms with Crippen molar-refractivity contribution in [2.24, 2.45) is 11.8 Å². The molecule has 1 N–H and O–H groups in total. The van der Waals surface area contributed by atoms with Crippen LogP contribution in [-0.4, -0.2) is 35.0 Å². The van der Waals surface area contributed by atoms with E-state index in [-0.39, 0.29) is 11.8 Å². The van der Waals surface area contributed by atoms with Crippen molar-refractivity contribution >= 4 is 11.9 Å². The lowest BCUT2D eigenvalue weighted by Crippen LogP contribution is -2.50. The molecule has 0 unspecified atom stereocenters. The van der Waals surface area contributed by atoms with Crippen molar-refractivity contribution in [1.82, 2.24) is 4.90 Å². The maximum absolute atomic E-state index is 12.8. The van der Waals surface area contributed by atoms with Gasteiger partial charge in [0.05, 0.1) is 5.41 Å². The number of aliphatic carboxylic acids is 1. The molecule has 1 saturated carbocycles. The van der Waals surface area contributed by atoms with Gasteiger partial charge >= 0.3 is 5.97 Å². The Labute approximate surface area is 150 Å². The molecule has 4 heteroatoms. The zero-order valence-electron chi connectivity index (χ0n) is 15.1. The van der Waals surface area contributed by atoms with E-state index in [0.717, 1.165) is 37.2 Å². The second-order valence-corrected chi connectivity index (χ2v) is 7.70. The molecule has 136 valence electrons. The summed E-state index contributed by atoms with van der Waals surface area (Å²) in [5, 5.41) is 9.87. The third-order valence-corrected chi connectivity index (χ3v) is 6.44. The van der Waals surface area contributed by atoms with Gasteiger partial charge in [0.15, 0.2) is 0 Å². The Morgan fingerprint density at radius 3 is 2.20 bits per heavy atom. The summed E-state index contributed by atoms with van der Waals surface area (Å²) in [5.74, 6) is 0.413. The summed E-state index contributed by atoms with van der Waals surface area (Å²) in [6, 6.07) is 9.49. The lowest BCUT2D eigenvalue weighted by atomic mass is 9.72. The first-order valence-corrected chi connectivity index (χ1v) is 9.64. The van der Waals surface area contributed by atoms with Crippen molar-refractivity contribution in [3.05, 3.63) is 35.9 Å². The Morgan fingerprint density at radius 2 is 1.68 bits per heavy atom. The van der Waals surface area contributed by atoms with Crippen molar-refractivity contribution in [3.8, 4) is 0 Å². The smallest absolute Gasteiger partial charge is 0.314 e. The van der Waals surface area contributed by atoms with Crippen LogP contribution in [-0.2, 0) is 15.0 Å². The molecule has 1 aliphatic heterocycles. The van der Waals surface area contributed by atoms with Gasteiger partial charge < -0.3 is 10.0 Å². The molecular weight excluding hydrogens is 314 g/mol. The molecule has 1 saturated heterocycles. The van der Waals surface area contributed by atoms with Crippen LogP contribution in [0, 0.1) is 11.8 Å². The maximum atomic E-state index is 12.8. The van der Waals surface area contributed by atoms with E-state index in [1.54, 1.807) is 0 Å². The van der Waals surface area contributed by atoms with Gasteiger partial charge in [0, 0.05) is 19.0 Å². The van der Waals surface area contributed by atoms with Gasteiger partial charge in [-0.2, -0.15) is 0 Å². The molecule has 4 nitrogen and oxygen atoms in total. The van der Waals surface area contributed by atoms with E-state index in [4.69, 9.17) is 0 Å². The molecule has 1 amide bonds. The molecule has 1 aromatic carbocycles. The fraction of sp³-hybridized carbons (Fsp3) is 0.619. The predicted molar refractivity (Wildman–Crippen MR) is 97.3 cm³/mol. The number of carbonyl (C=O) groups excluding carboxylic acids is 1. The van der Waals surface area contributed by atoms with E-state index in [1.807, 2.05) is 35.2 Å². The number of hydrogen-bond donors (Lipinski definition) is 1. The highest BCUT2D eigenvalue weighted by Crippen LogP contribution is 2.38. The normalized spacial score (nSPS) is 26.2. The van der Waals surface area contributed by atoms with Crippen molar-refractivity contribution in [3.63, 3.8) is 0 Å². The van der Waals surface area contributed by atoms with Crippen LogP contribution >= 0.6 is 0 Å². The Hall–Kier alpha value is -1.84. The number of likely N-dealkylation sites (tertiary alicyclic amines) is 1. The summed E-state index contributed by atoms with van der Waals surface area (Å²) in [4.78, 5) is 26.8. The van der Waals surface area contributed by atoms with E-state index in [2.05, 4.69) is 6.92 Å². The van der Waals surface area contributed by atoms with Crippen molar-refractivity contribution < 1.29 is 14.7 Å². The number of carbonyl (C=O) groups is 2. The average molecular weight is 343 g/mol. The second kappa shape index (κ2) is 7.59. The third-order valence-electron chi connectivity index (χ3n) is 6.44. The van der Waals surface area contributed by atoms with Crippen molar-refractivity contribution in [2.45, 2.75) is 57.3 Å². The number of benzene rings is 1. The molecule has 0 atom stereocenters. The Bertz CT molecular complexity index is 597. The minimum Gasteiger partial charge on any atom is -0.481 e. The zero-order valence-corrected chi connectivity index (χ0v) is 15.1. The van der Waals surface area contributed by atoms with E-state index >= 15 is 0 Å². The molecule has 0 aromatic heterocycles. The van der Waals surface area contributed by atoms with E-state index in [0.29, 0.717) is 25.9 Å². The summed E-state index contributed by atoms with van der Waals surface area (Å²) in [6.07, 6.45) is 6.52. The van der Waals surface area contributed by atoms with Gasteiger partial charge in [-0.05, 0) is 50.0 Å². The molecule has 3 rings (SSSR count). The van der Waals surface area contributed by atoms with E-state index < -0.39 is 11.4 Å². The Balaban J connectivity index is 1.64. The molecule has 0 spiro atoms. The van der Waals surface area contributed by atoms with Crippen LogP contribution in [0.3, 0.4) is 0 Å². The van der Waals surface area contributed by atoms with Crippen molar-refractivity contribution in [1.29, 1.82) is 0 Å². The largest absolute Gasteiger partial charge is 0.481 e. The Morgan fingerprint density at radius 1 is 1.08 bits per heavy atom. The van der Waals surface area contributed by atoms with Crippen LogP contribution in [0.2, 0.25) is 0 Å². The highest BCUT2D eigenvalue weighted by molar-refractivity contribution is 5.83. The minimum atomic E-state index is -0.849. The highest BCUT2D eigenvalue weighted by atomic mass is 16.4. The molecule has 2 aliphatic rings. The minimum absolute atomic E-state index is 0.150. The molecule has 25 heavy (non-hydrogen) atoms. The zero-order chi connectivity index (χ0) is 17.9. The first kappa shape index (κ1) is 18.0. The van der Waals surface area contributed by atoms with Gasteiger partial charge in [-0.1, -0.05) is 43.7 Å². The molecule has 2 fully saturated rings. The number of carboxylic acid groups (broad SMARTS) is 1. The summed E-state index contributed by atoms with van der Waals surface area (Å²) in [6.45, 7) is 3.33. The van der Waals surface area contributed by atoms with Gasteiger partial charge in [0.25, 0.3) is 0 Å². The van der Waals surface area contributed by atoms with Gasteiger partial charge in [0.1, 0.15) is 0 Å². The molecular formula is C21H29NO3. The standard InChI is InChI=1S/C21H29NO3/c1-2-16-8-10-17(11-9-16)19(23)22-14-12-21(13-15-22,20(24)25)18-6-4-3-5-7-18/h3-7,16-17H,2,8-15H2,1H3,(H,24,25). The first-order valence-electron chi connectivity index (χ1n) is 9.64. The molecule has 1 aliphatic carbocycles. The molecule has 0 bridgehead atoms. The van der Waals surface area contributed by atoms with Gasteiger partial charge in [-0.15, -0.1) is 0 Å². The van der Waals surface area contributed by atoms with Gasteiger partial charge in [-0.25, -0.2) is 0 Å². The van der Waals surface area contributed by atoms with Crippen LogP contribution < -0.4 is 0 Å². The van der Waals surface area contributed by atoms with Crippen LogP contribution in [0.5, 0.6) is 0 Å². The van der Waals surface area contributed by atoms with Crippen LogP contribution in [0.25, 0.3) is 0 Å². The van der Waals surface area contributed by atoms with Gasteiger partial charge in [0.2, 0.25) is 5.91 Å². The number of amides is 1. The lowest BCUT2D eigenvalue weighted by Gasteiger charge is -2.41. The summed E-state index contributed by atoms with van der Waals surface area (Å²) in [5.41, 5.74) is 0.0100. The van der Waals surface area contributed by atoms with E-state index in [9.17, 15) is 14.7 Å². The fourth-order valence-electron chi connectivity index (χ4n) is 4.57. The van der Waals surface area contributed by atoms with Gasteiger partial charge in [-0.3, -0.25) is 9.59 Å². The quantitative estimate of drug-likeness (QED) is 0.903. The molecule has 1 heterocycles. The van der Waals surface area contributed by atoms with Crippen LogP contribution in [0.4, 0.5) is 0 Å². The summed E-state index contributed by atoms with van der Waals surface area (Å²) in [7, 11) is 0. The maximum Gasteiger partial charge on any atom is 0.314 e. The Kier molecular flexibility index (Phi) is 5.45. The molecule has 1 aromatic rings. The lowest BCUT2D eigenvalue weighted by molar-refractivity contribution is -0.149. The number of hydrogen-bond acceptors (Lipinski definition) is 2. The number of carboxylic acids is 1. The fourth-order valence-corrected chi connectivity index (χ4v) is 4.57. The number of nitrogens with zero attached hydrogens (tertiary/aromatic N) is 1. The third kappa shape index (κ3) is 3.58. The topological polar surface area (TPSA) is 57.6 Å². The highest BCUT2D eigenvalue weighted by Gasteiger charge is 2.44. The summed E-state index contributed by atoms with van der Waals surface area (Å²) >= 11 is 0. The number of piperidine rings is 1. The second-order valence-electron chi connectivity index (χ2n) is 7.70. The van der Waals surface area contributed by atoms with E-state index in [1.165, 1.54) is 6.42 Å². The average Bonchev–Trinajstić information content (AvgIpc) is 2.68. The molecule has 0 radical (unpaired) electrons. The van der Waals surface area contributed by atoms with Crippen LogP contribution in [0.15, 0.2) is 30.3 Å². The van der Waals surface area contributed by atoms with Crippen LogP contribution in [0.1, 0.15) is 57.4 Å².